The average Bonchev–Trinajstić information content (AvgIpc) is 3.28. The van der Waals surface area contributed by atoms with Crippen LogP contribution in [0.4, 0.5) is 0 Å². The summed E-state index contributed by atoms with van der Waals surface area (Å²) >= 11 is 0. The second-order valence-electron chi connectivity index (χ2n) is 6.92. The Balaban J connectivity index is 1.34. The largest absolute Gasteiger partial charge is 0.497 e. The number of piperidine rings is 1. The van der Waals surface area contributed by atoms with Crippen molar-refractivity contribution in [3.8, 4) is 17.4 Å². The molecule has 0 aliphatic carbocycles. The molecule has 1 aliphatic rings. The number of aromatic nitrogens is 4. The van der Waals surface area contributed by atoms with Crippen LogP contribution in [0.3, 0.4) is 0 Å². The van der Waals surface area contributed by atoms with Crippen LogP contribution >= 0.6 is 0 Å². The topological polar surface area (TPSA) is 82.4 Å². The molecule has 0 spiro atoms. The number of ether oxygens (including phenoxy) is 2. The summed E-state index contributed by atoms with van der Waals surface area (Å²) in [6, 6.07) is 9.15. The van der Waals surface area contributed by atoms with Gasteiger partial charge in [0.05, 0.1) is 19.0 Å². The molecule has 0 saturated carbocycles. The number of amides is 1. The van der Waals surface area contributed by atoms with Crippen LogP contribution in [0.5, 0.6) is 17.4 Å². The summed E-state index contributed by atoms with van der Waals surface area (Å²) in [6.45, 7) is 1.69. The van der Waals surface area contributed by atoms with Crippen molar-refractivity contribution < 1.29 is 14.3 Å². The summed E-state index contributed by atoms with van der Waals surface area (Å²) in [5.74, 6) is 2.26. The van der Waals surface area contributed by atoms with Crippen LogP contribution in [0.15, 0.2) is 55.1 Å². The summed E-state index contributed by atoms with van der Waals surface area (Å²) in [6.07, 6.45) is 8.58. The quantitative estimate of drug-likeness (QED) is 0.640. The van der Waals surface area contributed by atoms with Crippen molar-refractivity contribution in [2.24, 2.45) is 0 Å². The standard InChI is InChI=1S/C21H23N5O3/c1-28-17-3-5-18(6-4-17)29-20-14-22-13-19(24-20)16-7-11-25(12-8-16)21(27)15-26-10-2-9-23-26/h2-6,9-10,13-14,16H,7-8,11-12,15H2,1H3. The van der Waals surface area contributed by atoms with E-state index in [1.165, 1.54) is 0 Å². The first-order chi connectivity index (χ1) is 14.2. The summed E-state index contributed by atoms with van der Waals surface area (Å²) in [5.41, 5.74) is 0.898. The van der Waals surface area contributed by atoms with E-state index in [1.807, 2.05) is 35.2 Å². The Morgan fingerprint density at radius 1 is 1.14 bits per heavy atom. The Kier molecular flexibility index (Phi) is 5.69. The molecule has 0 atom stereocenters. The number of methoxy groups -OCH3 is 1. The third-order valence-corrected chi connectivity index (χ3v) is 5.04. The SMILES string of the molecule is COc1ccc(Oc2cncc(C3CCN(C(=O)Cn4cccn4)CC3)n2)cc1. The van der Waals surface area contributed by atoms with E-state index < -0.39 is 0 Å². The molecule has 0 unspecified atom stereocenters. The van der Waals surface area contributed by atoms with Crippen LogP contribution in [0, 0.1) is 0 Å². The van der Waals surface area contributed by atoms with Gasteiger partial charge in [0.25, 0.3) is 0 Å². The first kappa shape index (κ1) is 18.9. The van der Waals surface area contributed by atoms with Crippen LogP contribution < -0.4 is 9.47 Å². The number of hydrogen-bond donors (Lipinski definition) is 0. The van der Waals surface area contributed by atoms with E-state index in [9.17, 15) is 4.79 Å². The van der Waals surface area contributed by atoms with E-state index in [4.69, 9.17) is 9.47 Å². The van der Waals surface area contributed by atoms with Gasteiger partial charge in [0.15, 0.2) is 0 Å². The molecule has 1 aliphatic heterocycles. The van der Waals surface area contributed by atoms with Gasteiger partial charge in [-0.15, -0.1) is 0 Å². The van der Waals surface area contributed by atoms with Gasteiger partial charge >= 0.3 is 0 Å². The normalized spacial score (nSPS) is 14.6. The van der Waals surface area contributed by atoms with Gasteiger partial charge in [0, 0.05) is 37.6 Å². The lowest BCUT2D eigenvalue weighted by Gasteiger charge is -2.31. The van der Waals surface area contributed by atoms with E-state index in [0.29, 0.717) is 24.7 Å². The highest BCUT2D eigenvalue weighted by Crippen LogP contribution is 2.29. The van der Waals surface area contributed by atoms with Crippen LogP contribution in [0.2, 0.25) is 0 Å². The summed E-state index contributed by atoms with van der Waals surface area (Å²) in [5, 5.41) is 4.10. The van der Waals surface area contributed by atoms with E-state index in [1.54, 1.807) is 36.6 Å². The predicted molar refractivity (Wildman–Crippen MR) is 106 cm³/mol. The maximum Gasteiger partial charge on any atom is 0.244 e. The van der Waals surface area contributed by atoms with E-state index in [-0.39, 0.29) is 18.4 Å². The Labute approximate surface area is 169 Å². The molecule has 1 aromatic carbocycles. The molecule has 1 amide bonds. The molecule has 0 radical (unpaired) electrons. The lowest BCUT2D eigenvalue weighted by Crippen LogP contribution is -2.40. The number of carbonyl (C=O) groups is 1. The molecule has 4 rings (SSSR count). The minimum Gasteiger partial charge on any atom is -0.497 e. The number of benzene rings is 1. The Morgan fingerprint density at radius 2 is 1.90 bits per heavy atom. The molecule has 29 heavy (non-hydrogen) atoms. The highest BCUT2D eigenvalue weighted by Gasteiger charge is 2.25. The van der Waals surface area contributed by atoms with Gasteiger partial charge in [-0.2, -0.15) is 5.10 Å². The molecular weight excluding hydrogens is 370 g/mol. The van der Waals surface area contributed by atoms with Crippen molar-refractivity contribution in [1.29, 1.82) is 0 Å². The van der Waals surface area contributed by atoms with Crippen molar-refractivity contribution in [3.63, 3.8) is 0 Å². The van der Waals surface area contributed by atoms with Crippen molar-refractivity contribution in [2.45, 2.75) is 25.3 Å². The van der Waals surface area contributed by atoms with Crippen molar-refractivity contribution in [3.05, 3.63) is 60.8 Å². The number of carbonyl (C=O) groups excluding carboxylic acids is 1. The number of rotatable bonds is 6. The number of likely N-dealkylation sites (tertiary alicyclic amines) is 1. The van der Waals surface area contributed by atoms with Gasteiger partial charge in [-0.05, 0) is 43.2 Å². The Hall–Kier alpha value is -3.42. The summed E-state index contributed by atoms with van der Waals surface area (Å²) < 4.78 is 12.6. The minimum absolute atomic E-state index is 0.0924. The maximum atomic E-state index is 12.4. The third-order valence-electron chi connectivity index (χ3n) is 5.04. The molecule has 0 N–H and O–H groups in total. The van der Waals surface area contributed by atoms with Crippen molar-refractivity contribution in [2.75, 3.05) is 20.2 Å². The molecule has 1 saturated heterocycles. The molecular formula is C21H23N5O3. The maximum absolute atomic E-state index is 12.4. The van der Waals surface area contributed by atoms with Gasteiger partial charge in [-0.1, -0.05) is 0 Å². The molecule has 3 heterocycles. The molecule has 0 bridgehead atoms. The second-order valence-corrected chi connectivity index (χ2v) is 6.92. The lowest BCUT2D eigenvalue weighted by atomic mass is 9.94. The highest BCUT2D eigenvalue weighted by molar-refractivity contribution is 5.76. The molecule has 150 valence electrons. The summed E-state index contributed by atoms with van der Waals surface area (Å²) in [7, 11) is 1.63. The fraction of sp³-hybridized carbons (Fsp3) is 0.333. The van der Waals surface area contributed by atoms with Crippen LogP contribution in [0.25, 0.3) is 0 Å². The smallest absolute Gasteiger partial charge is 0.244 e. The molecule has 8 heteroatoms. The first-order valence-corrected chi connectivity index (χ1v) is 9.60. The predicted octanol–water partition coefficient (Wildman–Crippen LogP) is 2.88. The number of hydrogen-bond acceptors (Lipinski definition) is 6. The van der Waals surface area contributed by atoms with Gasteiger partial charge in [0.1, 0.15) is 18.0 Å². The molecule has 3 aromatic rings. The van der Waals surface area contributed by atoms with Gasteiger partial charge in [-0.3, -0.25) is 14.5 Å². The van der Waals surface area contributed by atoms with Gasteiger partial charge < -0.3 is 14.4 Å². The monoisotopic (exact) mass is 393 g/mol. The van der Waals surface area contributed by atoms with Crippen LogP contribution in [-0.2, 0) is 11.3 Å². The number of nitrogens with zero attached hydrogens (tertiary/aromatic N) is 5. The van der Waals surface area contributed by atoms with Gasteiger partial charge in [-0.25, -0.2) is 4.98 Å². The van der Waals surface area contributed by atoms with E-state index in [2.05, 4.69) is 15.1 Å². The molecule has 8 nitrogen and oxygen atoms in total. The van der Waals surface area contributed by atoms with Gasteiger partial charge in [0.2, 0.25) is 11.8 Å². The highest BCUT2D eigenvalue weighted by atomic mass is 16.5. The van der Waals surface area contributed by atoms with E-state index >= 15 is 0 Å². The van der Waals surface area contributed by atoms with Crippen molar-refractivity contribution >= 4 is 5.91 Å². The second kappa shape index (κ2) is 8.72. The molecule has 1 fully saturated rings. The van der Waals surface area contributed by atoms with Crippen LogP contribution in [0.1, 0.15) is 24.5 Å². The zero-order valence-corrected chi connectivity index (χ0v) is 16.3. The Morgan fingerprint density at radius 3 is 2.59 bits per heavy atom. The zero-order valence-electron chi connectivity index (χ0n) is 16.3. The fourth-order valence-corrected chi connectivity index (χ4v) is 3.43. The van der Waals surface area contributed by atoms with Crippen molar-refractivity contribution in [1.82, 2.24) is 24.6 Å². The zero-order chi connectivity index (χ0) is 20.1. The minimum atomic E-state index is 0.0924. The third kappa shape index (κ3) is 4.71. The molecule has 2 aromatic heterocycles. The average molecular weight is 393 g/mol. The van der Waals surface area contributed by atoms with E-state index in [0.717, 1.165) is 24.3 Å². The summed E-state index contributed by atoms with van der Waals surface area (Å²) in [4.78, 5) is 23.2. The first-order valence-electron chi connectivity index (χ1n) is 9.60. The van der Waals surface area contributed by atoms with Crippen LogP contribution in [-0.4, -0.2) is 50.8 Å². The fourth-order valence-electron chi connectivity index (χ4n) is 3.43. The lowest BCUT2D eigenvalue weighted by molar-refractivity contribution is -0.133. The Bertz CT molecular complexity index is 935.